The molecule has 1 aromatic rings. The average molecular weight is 269 g/mol. The molecular weight excluding hydrogens is 261 g/mol. The van der Waals surface area contributed by atoms with Crippen molar-refractivity contribution in [3.05, 3.63) is 39.5 Å². The van der Waals surface area contributed by atoms with Gasteiger partial charge in [0.25, 0.3) is 0 Å². The molecule has 0 aliphatic heterocycles. The van der Waals surface area contributed by atoms with E-state index in [0.717, 1.165) is 11.1 Å². The van der Waals surface area contributed by atoms with E-state index in [1.54, 1.807) is 6.08 Å². The molecule has 0 saturated heterocycles. The molecule has 0 N–H and O–H groups in total. The van der Waals surface area contributed by atoms with Gasteiger partial charge in [-0.3, -0.25) is 0 Å². The molecule has 0 atom stereocenters. The molecule has 0 aromatic heterocycles. The van der Waals surface area contributed by atoms with Gasteiger partial charge in [-0.05, 0) is 46.7 Å². The van der Waals surface area contributed by atoms with E-state index in [9.17, 15) is 0 Å². The number of rotatable bonds is 1. The summed E-state index contributed by atoms with van der Waals surface area (Å²) in [6.45, 7) is 1.95. The SMILES string of the molecule is C/C(=C\C#N)c1ccccc1I. The minimum absolute atomic E-state index is 1.02. The van der Waals surface area contributed by atoms with E-state index in [1.807, 2.05) is 37.3 Å². The summed E-state index contributed by atoms with van der Waals surface area (Å²) in [7, 11) is 0. The van der Waals surface area contributed by atoms with Crippen LogP contribution >= 0.6 is 22.6 Å². The molecule has 0 unspecified atom stereocenters. The van der Waals surface area contributed by atoms with E-state index < -0.39 is 0 Å². The standard InChI is InChI=1S/C10H8IN/c1-8(6-7-12)9-4-2-3-5-10(9)11/h2-6H,1H3/b8-6+. The first-order chi connectivity index (χ1) is 5.75. The normalized spacial score (nSPS) is 10.9. The van der Waals surface area contributed by atoms with Crippen LogP contribution in [0.3, 0.4) is 0 Å². The van der Waals surface area contributed by atoms with E-state index in [-0.39, 0.29) is 0 Å². The second-order valence-corrected chi connectivity index (χ2v) is 3.60. The number of halogens is 1. The Labute approximate surface area is 85.9 Å². The van der Waals surface area contributed by atoms with Crippen LogP contribution in [-0.4, -0.2) is 0 Å². The van der Waals surface area contributed by atoms with Crippen LogP contribution in [0.5, 0.6) is 0 Å². The third kappa shape index (κ3) is 2.08. The molecule has 1 nitrogen and oxygen atoms in total. The first kappa shape index (κ1) is 9.27. The molecule has 0 aliphatic rings. The fraction of sp³-hybridized carbons (Fsp3) is 0.100. The molecule has 0 saturated carbocycles. The Morgan fingerprint density at radius 1 is 1.50 bits per heavy atom. The summed E-state index contributed by atoms with van der Waals surface area (Å²) >= 11 is 2.27. The average Bonchev–Trinajstić information content (AvgIpc) is 2.05. The Morgan fingerprint density at radius 3 is 2.75 bits per heavy atom. The highest BCUT2D eigenvalue weighted by Crippen LogP contribution is 2.19. The molecule has 1 rings (SSSR count). The lowest BCUT2D eigenvalue weighted by Gasteiger charge is -2.01. The molecule has 0 amide bonds. The van der Waals surface area contributed by atoms with Crippen molar-refractivity contribution in [3.63, 3.8) is 0 Å². The van der Waals surface area contributed by atoms with E-state index in [2.05, 4.69) is 22.6 Å². The van der Waals surface area contributed by atoms with Crippen molar-refractivity contribution in [2.24, 2.45) is 0 Å². The molecule has 0 fully saturated rings. The lowest BCUT2D eigenvalue weighted by molar-refractivity contribution is 1.50. The molecule has 2 heteroatoms. The number of nitriles is 1. The van der Waals surface area contributed by atoms with Crippen LogP contribution in [-0.2, 0) is 0 Å². The van der Waals surface area contributed by atoms with Gasteiger partial charge in [0.15, 0.2) is 0 Å². The lowest BCUT2D eigenvalue weighted by Crippen LogP contribution is -1.83. The van der Waals surface area contributed by atoms with E-state index in [0.29, 0.717) is 0 Å². The number of allylic oxidation sites excluding steroid dienone is 2. The Hall–Kier alpha value is -0.820. The summed E-state index contributed by atoms with van der Waals surface area (Å²) in [5.74, 6) is 0. The van der Waals surface area contributed by atoms with Crippen molar-refractivity contribution in [2.45, 2.75) is 6.92 Å². The molecule has 12 heavy (non-hydrogen) atoms. The second kappa shape index (κ2) is 4.27. The minimum Gasteiger partial charge on any atom is -0.193 e. The molecule has 0 spiro atoms. The number of nitrogens with zero attached hydrogens (tertiary/aromatic N) is 1. The van der Waals surface area contributed by atoms with Gasteiger partial charge in [-0.15, -0.1) is 0 Å². The fourth-order valence-corrected chi connectivity index (χ4v) is 1.77. The zero-order valence-electron chi connectivity index (χ0n) is 6.71. The third-order valence-electron chi connectivity index (χ3n) is 1.58. The highest BCUT2D eigenvalue weighted by Gasteiger charge is 1.98. The zero-order chi connectivity index (χ0) is 8.97. The van der Waals surface area contributed by atoms with Gasteiger partial charge in [0.2, 0.25) is 0 Å². The van der Waals surface area contributed by atoms with Gasteiger partial charge in [-0.2, -0.15) is 5.26 Å². The molecule has 60 valence electrons. The van der Waals surface area contributed by atoms with Crippen LogP contribution in [0.15, 0.2) is 30.3 Å². The highest BCUT2D eigenvalue weighted by molar-refractivity contribution is 14.1. The highest BCUT2D eigenvalue weighted by atomic mass is 127. The van der Waals surface area contributed by atoms with Crippen molar-refractivity contribution in [3.8, 4) is 6.07 Å². The first-order valence-electron chi connectivity index (χ1n) is 3.57. The molecule has 0 radical (unpaired) electrons. The summed E-state index contributed by atoms with van der Waals surface area (Å²) in [6.07, 6.45) is 1.57. The van der Waals surface area contributed by atoms with Gasteiger partial charge in [0.05, 0.1) is 6.07 Å². The summed E-state index contributed by atoms with van der Waals surface area (Å²) in [5.41, 5.74) is 2.15. The Morgan fingerprint density at radius 2 is 2.17 bits per heavy atom. The van der Waals surface area contributed by atoms with Gasteiger partial charge in [0, 0.05) is 9.65 Å². The summed E-state index contributed by atoms with van der Waals surface area (Å²) < 4.78 is 1.18. The van der Waals surface area contributed by atoms with Gasteiger partial charge >= 0.3 is 0 Å². The van der Waals surface area contributed by atoms with E-state index in [4.69, 9.17) is 5.26 Å². The molecule has 0 heterocycles. The lowest BCUT2D eigenvalue weighted by atomic mass is 10.1. The molecular formula is C10H8IN. The number of hydrogen-bond acceptors (Lipinski definition) is 1. The predicted molar refractivity (Wildman–Crippen MR) is 58.4 cm³/mol. The molecule has 0 aliphatic carbocycles. The maximum Gasteiger partial charge on any atom is 0.0915 e. The third-order valence-corrected chi connectivity index (χ3v) is 2.52. The first-order valence-corrected chi connectivity index (χ1v) is 4.65. The quantitative estimate of drug-likeness (QED) is 0.567. The van der Waals surface area contributed by atoms with Crippen LogP contribution in [0, 0.1) is 14.9 Å². The monoisotopic (exact) mass is 269 g/mol. The Bertz CT molecular complexity index is 347. The topological polar surface area (TPSA) is 23.8 Å². The second-order valence-electron chi connectivity index (χ2n) is 2.44. The van der Waals surface area contributed by atoms with Gasteiger partial charge in [-0.25, -0.2) is 0 Å². The van der Waals surface area contributed by atoms with Crippen molar-refractivity contribution < 1.29 is 0 Å². The van der Waals surface area contributed by atoms with Crippen LogP contribution in [0.25, 0.3) is 5.57 Å². The Kier molecular flexibility index (Phi) is 3.30. The molecule has 0 bridgehead atoms. The maximum atomic E-state index is 8.46. The number of benzene rings is 1. The molecule has 1 aromatic carbocycles. The van der Waals surface area contributed by atoms with Crippen LogP contribution in [0.1, 0.15) is 12.5 Å². The summed E-state index contributed by atoms with van der Waals surface area (Å²) in [6, 6.07) is 10.0. The zero-order valence-corrected chi connectivity index (χ0v) is 8.87. The van der Waals surface area contributed by atoms with Crippen molar-refractivity contribution in [1.82, 2.24) is 0 Å². The predicted octanol–water partition coefficient (Wildman–Crippen LogP) is 3.22. The van der Waals surface area contributed by atoms with E-state index >= 15 is 0 Å². The fourth-order valence-electron chi connectivity index (χ4n) is 0.956. The van der Waals surface area contributed by atoms with Crippen molar-refractivity contribution in [1.29, 1.82) is 5.26 Å². The van der Waals surface area contributed by atoms with Crippen LogP contribution in [0.4, 0.5) is 0 Å². The van der Waals surface area contributed by atoms with Crippen molar-refractivity contribution in [2.75, 3.05) is 0 Å². The van der Waals surface area contributed by atoms with Crippen molar-refractivity contribution >= 4 is 28.2 Å². The maximum absolute atomic E-state index is 8.46. The largest absolute Gasteiger partial charge is 0.193 e. The summed E-state index contributed by atoms with van der Waals surface area (Å²) in [4.78, 5) is 0. The van der Waals surface area contributed by atoms with Gasteiger partial charge < -0.3 is 0 Å². The van der Waals surface area contributed by atoms with E-state index in [1.165, 1.54) is 3.57 Å². The van der Waals surface area contributed by atoms with Gasteiger partial charge in [0.1, 0.15) is 0 Å². The Balaban J connectivity index is 3.13. The summed E-state index contributed by atoms with van der Waals surface area (Å²) in [5, 5.41) is 8.46. The van der Waals surface area contributed by atoms with Crippen LogP contribution in [0.2, 0.25) is 0 Å². The number of hydrogen-bond donors (Lipinski definition) is 0. The smallest absolute Gasteiger partial charge is 0.0915 e. The van der Waals surface area contributed by atoms with Gasteiger partial charge in [-0.1, -0.05) is 18.2 Å². The minimum atomic E-state index is 1.02. The van der Waals surface area contributed by atoms with Crippen LogP contribution < -0.4 is 0 Å².